The van der Waals surface area contributed by atoms with E-state index < -0.39 is 6.43 Å². The first-order chi connectivity index (χ1) is 6.72. The minimum absolute atomic E-state index is 0.0869. The lowest BCUT2D eigenvalue weighted by Crippen LogP contribution is -2.39. The number of likely N-dealkylation sites (tertiary alicyclic amines) is 1. The van der Waals surface area contributed by atoms with Crippen molar-refractivity contribution in [2.24, 2.45) is 0 Å². The summed E-state index contributed by atoms with van der Waals surface area (Å²) in [4.78, 5) is 1.79. The number of rotatable bonds is 3. The first-order valence-electron chi connectivity index (χ1n) is 5.25. The van der Waals surface area contributed by atoms with Gasteiger partial charge in [0.15, 0.2) is 0 Å². The van der Waals surface area contributed by atoms with Gasteiger partial charge in [0.25, 0.3) is 6.43 Å². The van der Waals surface area contributed by atoms with E-state index in [4.69, 9.17) is 4.74 Å². The molecule has 1 fully saturated rings. The highest BCUT2D eigenvalue weighted by atomic mass is 19.3. The summed E-state index contributed by atoms with van der Waals surface area (Å²) in [6, 6.07) is 0. The molecule has 0 unspecified atom stereocenters. The number of methoxy groups -OCH3 is 1. The quantitative estimate of drug-likeness (QED) is 0.707. The maximum absolute atomic E-state index is 11.9. The Bertz CT molecular complexity index is 125. The van der Waals surface area contributed by atoms with Gasteiger partial charge in [0.05, 0.1) is 12.6 Å². The summed E-state index contributed by atoms with van der Waals surface area (Å²) >= 11 is 0. The summed E-state index contributed by atoms with van der Waals surface area (Å²) < 4.78 is 29.0. The average Bonchev–Trinajstić information content (AvgIpc) is 2.21. The maximum atomic E-state index is 11.9. The van der Waals surface area contributed by atoms with E-state index in [1.54, 1.807) is 12.0 Å². The fourth-order valence-corrected chi connectivity index (χ4v) is 1.52. The van der Waals surface area contributed by atoms with Crippen LogP contribution in [0.1, 0.15) is 26.7 Å². The molecule has 0 aromatic carbocycles. The topological polar surface area (TPSA) is 12.5 Å². The Hall–Kier alpha value is -0.220. The van der Waals surface area contributed by atoms with E-state index >= 15 is 0 Å². The Morgan fingerprint density at radius 1 is 1.29 bits per heavy atom. The van der Waals surface area contributed by atoms with Gasteiger partial charge in [0.2, 0.25) is 0 Å². The molecular weight excluding hydrogens is 188 g/mol. The van der Waals surface area contributed by atoms with Crippen LogP contribution in [0.5, 0.6) is 0 Å². The lowest BCUT2D eigenvalue weighted by molar-refractivity contribution is 0.0177. The van der Waals surface area contributed by atoms with E-state index in [2.05, 4.69) is 0 Å². The zero-order valence-corrected chi connectivity index (χ0v) is 9.30. The van der Waals surface area contributed by atoms with Crippen LogP contribution in [0.25, 0.3) is 0 Å². The SMILES string of the molecule is CC.COC1CCN(CC(F)F)CC1. The molecule has 0 N–H and O–H groups in total. The molecule has 14 heavy (non-hydrogen) atoms. The molecule has 1 aliphatic heterocycles. The standard InChI is InChI=1S/C8H15F2NO.C2H6/c1-12-7-2-4-11(5-3-7)6-8(9)10;1-2/h7-8H,2-6H2,1H3;1-2H3. The van der Waals surface area contributed by atoms with E-state index in [0.717, 1.165) is 25.9 Å². The van der Waals surface area contributed by atoms with Gasteiger partial charge < -0.3 is 4.74 Å². The van der Waals surface area contributed by atoms with Gasteiger partial charge in [0.1, 0.15) is 0 Å². The third kappa shape index (κ3) is 5.50. The summed E-state index contributed by atoms with van der Waals surface area (Å²) in [7, 11) is 1.67. The van der Waals surface area contributed by atoms with Crippen LogP contribution in [0, 0.1) is 0 Å². The van der Waals surface area contributed by atoms with Crippen LogP contribution < -0.4 is 0 Å². The van der Waals surface area contributed by atoms with Crippen molar-refractivity contribution >= 4 is 0 Å². The normalized spacial score (nSPS) is 19.3. The molecule has 0 aliphatic carbocycles. The van der Waals surface area contributed by atoms with Crippen molar-refractivity contribution in [3.8, 4) is 0 Å². The highest BCUT2D eigenvalue weighted by Gasteiger charge is 2.20. The molecule has 0 spiro atoms. The summed E-state index contributed by atoms with van der Waals surface area (Å²) in [5.41, 5.74) is 0. The predicted molar refractivity (Wildman–Crippen MR) is 53.8 cm³/mol. The number of alkyl halides is 2. The molecule has 0 aromatic rings. The Labute approximate surface area is 85.2 Å². The number of nitrogens with zero attached hydrogens (tertiary/aromatic N) is 1. The zero-order valence-electron chi connectivity index (χ0n) is 9.30. The van der Waals surface area contributed by atoms with Crippen LogP contribution in [0.15, 0.2) is 0 Å². The smallest absolute Gasteiger partial charge is 0.251 e. The molecule has 1 heterocycles. The minimum atomic E-state index is -2.20. The Kier molecular flexibility index (Phi) is 7.99. The molecule has 0 aromatic heterocycles. The highest BCUT2D eigenvalue weighted by Crippen LogP contribution is 2.13. The van der Waals surface area contributed by atoms with E-state index in [1.165, 1.54) is 0 Å². The van der Waals surface area contributed by atoms with Crippen LogP contribution in [-0.4, -0.2) is 44.2 Å². The van der Waals surface area contributed by atoms with Crippen LogP contribution in [-0.2, 0) is 4.74 Å². The second-order valence-corrected chi connectivity index (χ2v) is 3.13. The van der Waals surface area contributed by atoms with E-state index in [1.807, 2.05) is 13.8 Å². The number of ether oxygens (including phenoxy) is 1. The van der Waals surface area contributed by atoms with Crippen molar-refractivity contribution in [3.63, 3.8) is 0 Å². The third-order valence-electron chi connectivity index (χ3n) is 2.26. The van der Waals surface area contributed by atoms with Crippen LogP contribution in [0.3, 0.4) is 0 Å². The molecule has 2 nitrogen and oxygen atoms in total. The summed E-state index contributed by atoms with van der Waals surface area (Å²) in [5.74, 6) is 0. The van der Waals surface area contributed by atoms with E-state index in [-0.39, 0.29) is 12.6 Å². The molecule has 0 amide bonds. The fraction of sp³-hybridized carbons (Fsp3) is 1.00. The van der Waals surface area contributed by atoms with Crippen molar-refractivity contribution in [2.75, 3.05) is 26.7 Å². The Morgan fingerprint density at radius 2 is 1.79 bits per heavy atom. The van der Waals surface area contributed by atoms with E-state index in [0.29, 0.717) is 0 Å². The highest BCUT2D eigenvalue weighted by molar-refractivity contribution is 4.72. The number of halogens is 2. The second kappa shape index (κ2) is 8.12. The number of hydrogen-bond acceptors (Lipinski definition) is 2. The summed E-state index contributed by atoms with van der Waals surface area (Å²) in [5, 5.41) is 0. The monoisotopic (exact) mass is 209 g/mol. The average molecular weight is 209 g/mol. The summed E-state index contributed by atoms with van der Waals surface area (Å²) in [6.07, 6.45) is -0.171. The fourth-order valence-electron chi connectivity index (χ4n) is 1.52. The van der Waals surface area contributed by atoms with Crippen molar-refractivity contribution in [2.45, 2.75) is 39.2 Å². The molecule has 1 aliphatic rings. The Morgan fingerprint density at radius 3 is 2.14 bits per heavy atom. The van der Waals surface area contributed by atoms with Crippen molar-refractivity contribution in [1.82, 2.24) is 4.90 Å². The molecule has 1 rings (SSSR count). The van der Waals surface area contributed by atoms with Gasteiger partial charge >= 0.3 is 0 Å². The molecule has 0 radical (unpaired) electrons. The minimum Gasteiger partial charge on any atom is -0.381 e. The number of piperidine rings is 1. The van der Waals surface area contributed by atoms with Gasteiger partial charge in [-0.1, -0.05) is 13.8 Å². The van der Waals surface area contributed by atoms with Gasteiger partial charge in [-0.3, -0.25) is 4.90 Å². The first kappa shape index (κ1) is 13.8. The van der Waals surface area contributed by atoms with Crippen LogP contribution in [0.2, 0.25) is 0 Å². The lowest BCUT2D eigenvalue weighted by Gasteiger charge is -2.30. The van der Waals surface area contributed by atoms with Crippen LogP contribution in [0.4, 0.5) is 8.78 Å². The van der Waals surface area contributed by atoms with Gasteiger partial charge in [-0.05, 0) is 12.8 Å². The number of hydrogen-bond donors (Lipinski definition) is 0. The molecule has 4 heteroatoms. The molecule has 0 atom stereocenters. The maximum Gasteiger partial charge on any atom is 0.251 e. The third-order valence-corrected chi connectivity index (χ3v) is 2.26. The predicted octanol–water partition coefficient (Wildman–Crippen LogP) is 2.39. The van der Waals surface area contributed by atoms with Crippen LogP contribution >= 0.6 is 0 Å². The molecule has 0 saturated carbocycles. The molecule has 1 saturated heterocycles. The molecule has 86 valence electrons. The lowest BCUT2D eigenvalue weighted by atomic mass is 10.1. The van der Waals surface area contributed by atoms with Gasteiger partial charge in [-0.25, -0.2) is 8.78 Å². The second-order valence-electron chi connectivity index (χ2n) is 3.13. The van der Waals surface area contributed by atoms with Crippen molar-refractivity contribution in [1.29, 1.82) is 0 Å². The Balaban J connectivity index is 0.000000791. The van der Waals surface area contributed by atoms with E-state index in [9.17, 15) is 8.78 Å². The van der Waals surface area contributed by atoms with Gasteiger partial charge in [-0.15, -0.1) is 0 Å². The first-order valence-corrected chi connectivity index (χ1v) is 5.25. The van der Waals surface area contributed by atoms with Gasteiger partial charge in [0, 0.05) is 20.2 Å². The van der Waals surface area contributed by atoms with Crippen molar-refractivity contribution < 1.29 is 13.5 Å². The molecule has 0 bridgehead atoms. The largest absolute Gasteiger partial charge is 0.381 e. The van der Waals surface area contributed by atoms with Crippen molar-refractivity contribution in [3.05, 3.63) is 0 Å². The van der Waals surface area contributed by atoms with Gasteiger partial charge in [-0.2, -0.15) is 0 Å². The zero-order chi connectivity index (χ0) is 11.0. The summed E-state index contributed by atoms with van der Waals surface area (Å²) in [6.45, 7) is 5.39. The molecular formula is C10H21F2NO.